The normalized spacial score (nSPS) is 45.2. The summed E-state index contributed by atoms with van der Waals surface area (Å²) in [5.74, 6) is -16.8. The lowest BCUT2D eigenvalue weighted by Crippen LogP contribution is -2.70. The lowest BCUT2D eigenvalue weighted by molar-refractivity contribution is -0.403. The van der Waals surface area contributed by atoms with E-state index in [1.54, 1.807) is 0 Å². The number of aliphatic hydroxyl groups is 15. The maximum Gasteiger partial charge on any atom is 0.364 e. The van der Waals surface area contributed by atoms with Crippen LogP contribution in [0.5, 0.6) is 0 Å². The lowest BCUT2D eigenvalue weighted by Gasteiger charge is -2.52. The Morgan fingerprint density at radius 2 is 1.00 bits per heavy atom. The quantitative estimate of drug-likeness (QED) is 0.0645. The predicted octanol–water partition coefficient (Wildman–Crippen LogP) is -10.9. The molecule has 18 N–H and O–H groups in total. The second kappa shape index (κ2) is 19.3. The van der Waals surface area contributed by atoms with Gasteiger partial charge in [-0.1, -0.05) is 0 Å². The molecule has 28 heteroatoms. The van der Waals surface area contributed by atoms with Gasteiger partial charge in [-0.15, -0.1) is 0 Å². The number of aliphatic carboxylic acids is 3. The molecular weight excluding hydrogens is 820 g/mol. The van der Waals surface area contributed by atoms with Gasteiger partial charge >= 0.3 is 17.9 Å². The van der Waals surface area contributed by atoms with E-state index in [9.17, 15) is 106 Å². The Balaban J connectivity index is 1.84. The molecule has 28 nitrogen and oxygen atoms in total. The first kappa shape index (κ1) is 49.2. The first-order valence-corrected chi connectivity index (χ1v) is 17.8. The minimum Gasteiger partial charge on any atom is -0.477 e. The molecule has 0 bridgehead atoms. The van der Waals surface area contributed by atoms with Crippen molar-refractivity contribution in [1.82, 2.24) is 0 Å². The van der Waals surface area contributed by atoms with Crippen LogP contribution in [0.4, 0.5) is 0 Å². The van der Waals surface area contributed by atoms with Crippen LogP contribution in [-0.2, 0) is 47.5 Å². The summed E-state index contributed by atoms with van der Waals surface area (Å²) in [7, 11) is 0. The fourth-order valence-corrected chi connectivity index (χ4v) is 7.15. The average molecular weight is 871 g/mol. The van der Waals surface area contributed by atoms with E-state index in [0.717, 1.165) is 0 Å². The van der Waals surface area contributed by atoms with E-state index >= 15 is 0 Å². The predicted molar refractivity (Wildman–Crippen MR) is 173 cm³/mol. The van der Waals surface area contributed by atoms with Crippen molar-refractivity contribution in [3.63, 3.8) is 0 Å². The van der Waals surface area contributed by atoms with Gasteiger partial charge in [0.25, 0.3) is 17.4 Å². The second-order valence-electron chi connectivity index (χ2n) is 14.5. The summed E-state index contributed by atoms with van der Waals surface area (Å²) in [5, 5.41) is 186. The molecule has 4 aliphatic heterocycles. The number of carbonyl (C=O) groups is 3. The molecule has 4 rings (SSSR count). The van der Waals surface area contributed by atoms with Gasteiger partial charge in [-0.05, 0) is 0 Å². The fourth-order valence-electron chi connectivity index (χ4n) is 7.15. The van der Waals surface area contributed by atoms with E-state index in [4.69, 9.17) is 33.2 Å². The van der Waals surface area contributed by atoms with E-state index in [-0.39, 0.29) is 0 Å². The smallest absolute Gasteiger partial charge is 0.364 e. The summed E-state index contributed by atoms with van der Waals surface area (Å²) in [5.41, 5.74) is 0. The standard InChI is InChI=1S/C31H50O28/c32-4-9(37)20-18(44)17(43)19(45)25(53-20)54-24-14(2-29(52,26(46)47)57-23(24)12(40)7-35)56-31(28(50)51)3-13(16(42)22(59-31)11(39)6-34)55-30(27(48)49)1-8(36)15(41)21(58-30)10(38)5-33/h8-25,32-45,52H,1-7H2,(H,46,47)(H,48,49)(H,50,51)/t8-,9+,10-,11-,12-,13-,14-,15-,16-,17+,18+,19+,20-,21-,22-,23-,24-,25-,29-,30-,31-/m1/s1. The SMILES string of the molecule is O=C(O)[C@@]1(O[C@@H]2C[C@](O[C@@H]3C[C@](O)(C(=O)O)O[C@H]([C@H](O)CO)[C@@H]3O[C@H]3O[C@H]([C@@H](O)CO)[C@@H](O)[C@H](O)[C@@H]3O)(C(=O)O)O[C@H]([C@H](O)CO)[C@@H]2O)C[C@@H](O)[C@@H](O)[C@@H]([C@H](O)CO)O1. The van der Waals surface area contributed by atoms with Crippen molar-refractivity contribution in [2.24, 2.45) is 0 Å². The summed E-state index contributed by atoms with van der Waals surface area (Å²) >= 11 is 0. The Bertz CT molecular complexity index is 1440. The molecule has 4 heterocycles. The van der Waals surface area contributed by atoms with E-state index in [0.29, 0.717) is 0 Å². The van der Waals surface area contributed by atoms with Gasteiger partial charge in [-0.25, -0.2) is 14.4 Å². The molecule has 342 valence electrons. The van der Waals surface area contributed by atoms with Gasteiger partial charge in [0.2, 0.25) is 0 Å². The Morgan fingerprint density at radius 3 is 1.49 bits per heavy atom. The molecule has 4 saturated heterocycles. The highest BCUT2D eigenvalue weighted by atomic mass is 16.8. The summed E-state index contributed by atoms with van der Waals surface area (Å²) in [6.45, 7) is -4.92. The van der Waals surface area contributed by atoms with Gasteiger partial charge in [-0.2, -0.15) is 0 Å². The molecule has 21 atom stereocenters. The highest BCUT2D eigenvalue weighted by molar-refractivity contribution is 5.77. The fraction of sp³-hybridized carbons (Fsp3) is 0.903. The van der Waals surface area contributed by atoms with Crippen LogP contribution in [0.1, 0.15) is 19.3 Å². The maximum atomic E-state index is 13.3. The zero-order chi connectivity index (χ0) is 44.5. The average Bonchev–Trinajstić information content (AvgIpc) is 3.19. The molecule has 0 amide bonds. The monoisotopic (exact) mass is 870 g/mol. The molecule has 0 unspecified atom stereocenters. The first-order chi connectivity index (χ1) is 27.5. The summed E-state index contributed by atoms with van der Waals surface area (Å²) in [6.07, 6.45) is -44.1. The summed E-state index contributed by atoms with van der Waals surface area (Å²) in [6, 6.07) is 0. The van der Waals surface area contributed by atoms with Crippen molar-refractivity contribution < 1.29 is 139 Å². The second-order valence-corrected chi connectivity index (χ2v) is 14.5. The maximum absolute atomic E-state index is 13.3. The topological polar surface area (TPSA) is 480 Å². The van der Waals surface area contributed by atoms with Crippen LogP contribution >= 0.6 is 0 Å². The zero-order valence-corrected chi connectivity index (χ0v) is 30.5. The molecule has 0 saturated carbocycles. The third kappa shape index (κ3) is 9.78. The highest BCUT2D eigenvalue weighted by Gasteiger charge is 2.64. The number of carboxylic acid groups (broad SMARTS) is 3. The molecule has 0 radical (unpaired) electrons. The number of aliphatic hydroxyl groups excluding tert-OH is 14. The van der Waals surface area contributed by atoms with Crippen LogP contribution < -0.4 is 0 Å². The summed E-state index contributed by atoms with van der Waals surface area (Å²) in [4.78, 5) is 38.3. The van der Waals surface area contributed by atoms with Gasteiger partial charge in [-0.3, -0.25) is 0 Å². The number of rotatable bonds is 17. The van der Waals surface area contributed by atoms with Gasteiger partial charge in [0.1, 0.15) is 85.5 Å². The summed E-state index contributed by atoms with van der Waals surface area (Å²) < 4.78 is 38.3. The minimum absolute atomic E-state index is 1.10. The Morgan fingerprint density at radius 1 is 0.542 bits per heavy atom. The molecule has 4 fully saturated rings. The van der Waals surface area contributed by atoms with Crippen molar-refractivity contribution >= 4 is 17.9 Å². The Labute approximate surface area is 330 Å². The van der Waals surface area contributed by atoms with Crippen LogP contribution in [0, 0.1) is 0 Å². The van der Waals surface area contributed by atoms with E-state index in [1.165, 1.54) is 0 Å². The highest BCUT2D eigenvalue weighted by Crippen LogP contribution is 2.44. The van der Waals surface area contributed by atoms with Crippen molar-refractivity contribution in [2.75, 3.05) is 26.4 Å². The lowest BCUT2D eigenvalue weighted by atomic mass is 9.88. The number of hydrogen-bond donors (Lipinski definition) is 18. The van der Waals surface area contributed by atoms with Crippen molar-refractivity contribution in [3.05, 3.63) is 0 Å². The third-order valence-corrected chi connectivity index (χ3v) is 10.4. The van der Waals surface area contributed by atoms with Crippen LogP contribution in [0.25, 0.3) is 0 Å². The molecule has 0 aromatic carbocycles. The Hall–Kier alpha value is -2.47. The molecular formula is C31H50O28. The van der Waals surface area contributed by atoms with Gasteiger partial charge < -0.3 is 125 Å². The van der Waals surface area contributed by atoms with Crippen LogP contribution in [0.15, 0.2) is 0 Å². The number of ether oxygens (including phenoxy) is 7. The van der Waals surface area contributed by atoms with Crippen molar-refractivity contribution in [3.8, 4) is 0 Å². The van der Waals surface area contributed by atoms with Crippen LogP contribution in [-0.4, -0.2) is 264 Å². The van der Waals surface area contributed by atoms with E-state index in [1.807, 2.05) is 0 Å². The first-order valence-electron chi connectivity index (χ1n) is 17.8. The van der Waals surface area contributed by atoms with E-state index in [2.05, 4.69) is 0 Å². The minimum atomic E-state index is -3.49. The van der Waals surface area contributed by atoms with E-state index < -0.39 is 191 Å². The van der Waals surface area contributed by atoms with Crippen molar-refractivity contribution in [1.29, 1.82) is 0 Å². The van der Waals surface area contributed by atoms with Gasteiger partial charge in [0, 0.05) is 19.3 Å². The molecule has 59 heavy (non-hydrogen) atoms. The molecule has 0 aromatic rings. The van der Waals surface area contributed by atoms with Gasteiger partial charge in [0.05, 0.1) is 44.7 Å². The van der Waals surface area contributed by atoms with Crippen LogP contribution in [0.2, 0.25) is 0 Å². The van der Waals surface area contributed by atoms with Gasteiger partial charge in [0.15, 0.2) is 6.29 Å². The Kier molecular flexibility index (Phi) is 16.1. The van der Waals surface area contributed by atoms with Crippen LogP contribution in [0.3, 0.4) is 0 Å². The number of hydrogen-bond acceptors (Lipinski definition) is 25. The molecule has 0 aromatic heterocycles. The third-order valence-electron chi connectivity index (χ3n) is 10.4. The molecule has 0 spiro atoms. The zero-order valence-electron chi connectivity index (χ0n) is 30.5. The molecule has 0 aliphatic carbocycles. The largest absolute Gasteiger partial charge is 0.477 e. The molecule has 4 aliphatic rings. The van der Waals surface area contributed by atoms with Crippen molar-refractivity contribution in [2.45, 2.75) is 147 Å². The number of carboxylic acids is 3.